The van der Waals surface area contributed by atoms with Crippen LogP contribution in [-0.2, 0) is 19.4 Å². The number of rotatable bonds is 4. The lowest BCUT2D eigenvalue weighted by Crippen LogP contribution is -2.46. The molecular weight excluding hydrogens is 306 g/mol. The van der Waals surface area contributed by atoms with Gasteiger partial charge in [-0.3, -0.25) is 4.79 Å². The van der Waals surface area contributed by atoms with Crippen molar-refractivity contribution < 1.29 is 22.7 Å². The van der Waals surface area contributed by atoms with Crippen LogP contribution in [0.5, 0.6) is 0 Å². The second-order valence-corrected chi connectivity index (χ2v) is 8.04. The zero-order valence-electron chi connectivity index (χ0n) is 13.3. The fraction of sp³-hybridized carbons (Fsp3) is 0.467. The average molecular weight is 327 g/mol. The van der Waals surface area contributed by atoms with Gasteiger partial charge in [0, 0.05) is 11.8 Å². The molecule has 1 atom stereocenters. The van der Waals surface area contributed by atoms with Crippen LogP contribution in [0.2, 0.25) is 0 Å². The molecule has 1 amide bonds. The summed E-state index contributed by atoms with van der Waals surface area (Å²) in [4.78, 5) is 23.9. The molecule has 0 aliphatic rings. The minimum absolute atomic E-state index is 0.0830. The largest absolute Gasteiger partial charge is 0.449 e. The van der Waals surface area contributed by atoms with E-state index >= 15 is 0 Å². The summed E-state index contributed by atoms with van der Waals surface area (Å²) in [5.74, 6) is -1.30. The highest BCUT2D eigenvalue weighted by atomic mass is 32.2. The number of hydrogen-bond acceptors (Lipinski definition) is 5. The summed E-state index contributed by atoms with van der Waals surface area (Å²) in [6, 6.07) is 5.73. The monoisotopic (exact) mass is 327 g/mol. The molecule has 0 saturated carbocycles. The van der Waals surface area contributed by atoms with Crippen LogP contribution in [0.4, 0.5) is 0 Å². The Hall–Kier alpha value is -1.89. The number of carbonyl (C=O) groups is 2. The zero-order valence-corrected chi connectivity index (χ0v) is 14.2. The molecule has 1 aromatic carbocycles. The van der Waals surface area contributed by atoms with E-state index in [0.29, 0.717) is 0 Å². The van der Waals surface area contributed by atoms with Gasteiger partial charge in [0.05, 0.1) is 10.5 Å². The van der Waals surface area contributed by atoms with Crippen molar-refractivity contribution in [1.82, 2.24) is 5.32 Å². The number of amides is 1. The van der Waals surface area contributed by atoms with Gasteiger partial charge in [-0.05, 0) is 39.8 Å². The number of sulfone groups is 1. The molecule has 0 bridgehead atoms. The molecule has 1 aromatic rings. The lowest BCUT2D eigenvalue weighted by atomic mass is 10.1. The van der Waals surface area contributed by atoms with Crippen LogP contribution in [-0.4, -0.2) is 38.2 Å². The van der Waals surface area contributed by atoms with Gasteiger partial charge >= 0.3 is 5.97 Å². The second-order valence-electron chi connectivity index (χ2n) is 6.06. The maximum Gasteiger partial charge on any atom is 0.340 e. The van der Waals surface area contributed by atoms with E-state index in [4.69, 9.17) is 4.74 Å². The van der Waals surface area contributed by atoms with Gasteiger partial charge in [-0.25, -0.2) is 13.2 Å². The Kier molecular flexibility index (Phi) is 5.35. The van der Waals surface area contributed by atoms with Gasteiger partial charge in [0.25, 0.3) is 5.91 Å². The standard InChI is InChI=1S/C15H21NO5S/c1-10(13(17)16-15(2,3)4)21-14(18)11-8-6-7-9-12(11)22(5,19)20/h6-10H,1-5H3,(H,16,17)/t10-/m1/s1. The Morgan fingerprint density at radius 2 is 1.73 bits per heavy atom. The van der Waals surface area contributed by atoms with Crippen molar-refractivity contribution in [2.24, 2.45) is 0 Å². The van der Waals surface area contributed by atoms with E-state index in [0.717, 1.165) is 6.26 Å². The first-order chi connectivity index (χ1) is 9.92. The molecule has 0 aliphatic heterocycles. The predicted molar refractivity (Wildman–Crippen MR) is 82.3 cm³/mol. The quantitative estimate of drug-likeness (QED) is 0.848. The van der Waals surface area contributed by atoms with Gasteiger partial charge in [0.2, 0.25) is 0 Å². The molecule has 0 heterocycles. The van der Waals surface area contributed by atoms with Gasteiger partial charge in [0.1, 0.15) is 0 Å². The smallest absolute Gasteiger partial charge is 0.340 e. The molecule has 0 aromatic heterocycles. The molecule has 0 unspecified atom stereocenters. The number of hydrogen-bond donors (Lipinski definition) is 1. The Labute approximate surface area is 130 Å². The van der Waals surface area contributed by atoms with E-state index in [2.05, 4.69) is 5.32 Å². The molecule has 22 heavy (non-hydrogen) atoms. The topological polar surface area (TPSA) is 89.5 Å². The molecule has 6 nitrogen and oxygen atoms in total. The van der Waals surface area contributed by atoms with Crippen molar-refractivity contribution in [2.75, 3.05) is 6.26 Å². The van der Waals surface area contributed by atoms with Crippen LogP contribution in [0.25, 0.3) is 0 Å². The number of benzene rings is 1. The molecule has 0 radical (unpaired) electrons. The summed E-state index contributed by atoms with van der Waals surface area (Å²) < 4.78 is 28.4. The van der Waals surface area contributed by atoms with Crippen molar-refractivity contribution in [2.45, 2.75) is 44.2 Å². The number of esters is 1. The van der Waals surface area contributed by atoms with Crippen molar-refractivity contribution in [3.05, 3.63) is 29.8 Å². The lowest BCUT2D eigenvalue weighted by molar-refractivity contribution is -0.130. The fourth-order valence-electron chi connectivity index (χ4n) is 1.71. The molecule has 1 N–H and O–H groups in total. The first-order valence-corrected chi connectivity index (χ1v) is 8.63. The normalized spacial score (nSPS) is 13.3. The van der Waals surface area contributed by atoms with E-state index in [9.17, 15) is 18.0 Å². The van der Waals surface area contributed by atoms with Gasteiger partial charge in [-0.1, -0.05) is 12.1 Å². The second kappa shape index (κ2) is 6.48. The molecule has 1 rings (SSSR count). The minimum atomic E-state index is -3.56. The van der Waals surface area contributed by atoms with Gasteiger partial charge in [0.15, 0.2) is 15.9 Å². The summed E-state index contributed by atoms with van der Waals surface area (Å²) in [7, 11) is -3.56. The van der Waals surface area contributed by atoms with E-state index in [-0.39, 0.29) is 10.5 Å². The van der Waals surface area contributed by atoms with Crippen molar-refractivity contribution in [3.8, 4) is 0 Å². The van der Waals surface area contributed by atoms with Crippen molar-refractivity contribution in [3.63, 3.8) is 0 Å². The van der Waals surface area contributed by atoms with Gasteiger partial charge in [-0.15, -0.1) is 0 Å². The first-order valence-electron chi connectivity index (χ1n) is 6.74. The van der Waals surface area contributed by atoms with Gasteiger partial charge in [-0.2, -0.15) is 0 Å². The maximum atomic E-state index is 12.1. The van der Waals surface area contributed by atoms with Crippen LogP contribution in [0.1, 0.15) is 38.1 Å². The third-order valence-corrected chi connectivity index (χ3v) is 3.81. The van der Waals surface area contributed by atoms with Crippen molar-refractivity contribution in [1.29, 1.82) is 0 Å². The number of nitrogens with one attached hydrogen (secondary N) is 1. The summed E-state index contributed by atoms with van der Waals surface area (Å²) >= 11 is 0. The molecule has 0 saturated heterocycles. The minimum Gasteiger partial charge on any atom is -0.449 e. The van der Waals surface area contributed by atoms with Crippen LogP contribution in [0, 0.1) is 0 Å². The summed E-state index contributed by atoms with van der Waals surface area (Å²) in [5, 5.41) is 2.69. The molecular formula is C15H21NO5S. The molecule has 0 spiro atoms. The highest BCUT2D eigenvalue weighted by Crippen LogP contribution is 2.17. The maximum absolute atomic E-state index is 12.1. The Bertz CT molecular complexity index is 673. The van der Waals surface area contributed by atoms with Crippen LogP contribution < -0.4 is 5.32 Å². The zero-order chi connectivity index (χ0) is 17.1. The van der Waals surface area contributed by atoms with Crippen LogP contribution in [0.3, 0.4) is 0 Å². The fourth-order valence-corrected chi connectivity index (χ4v) is 2.58. The highest BCUT2D eigenvalue weighted by molar-refractivity contribution is 7.90. The Morgan fingerprint density at radius 3 is 2.23 bits per heavy atom. The van der Waals surface area contributed by atoms with E-state index < -0.39 is 33.4 Å². The van der Waals surface area contributed by atoms with Crippen LogP contribution >= 0.6 is 0 Å². The summed E-state index contributed by atoms with van der Waals surface area (Å²) in [5.41, 5.74) is -0.539. The lowest BCUT2D eigenvalue weighted by Gasteiger charge is -2.23. The van der Waals surface area contributed by atoms with E-state index in [1.54, 1.807) is 20.8 Å². The van der Waals surface area contributed by atoms with E-state index in [1.165, 1.54) is 31.2 Å². The SMILES string of the molecule is C[C@@H](OC(=O)c1ccccc1S(C)(=O)=O)C(=O)NC(C)(C)C. The first kappa shape index (κ1) is 18.2. The summed E-state index contributed by atoms with van der Waals surface area (Å²) in [6.45, 7) is 6.84. The number of carbonyl (C=O) groups excluding carboxylic acids is 2. The van der Waals surface area contributed by atoms with E-state index in [1.807, 2.05) is 0 Å². The summed E-state index contributed by atoms with van der Waals surface area (Å²) in [6.07, 6.45) is -0.0196. The molecule has 0 fully saturated rings. The molecule has 122 valence electrons. The van der Waals surface area contributed by atoms with Crippen molar-refractivity contribution >= 4 is 21.7 Å². The predicted octanol–water partition coefficient (Wildman–Crippen LogP) is 1.55. The molecule has 0 aliphatic carbocycles. The number of ether oxygens (including phenoxy) is 1. The average Bonchev–Trinajstić information content (AvgIpc) is 2.35. The van der Waals surface area contributed by atoms with Crippen LogP contribution in [0.15, 0.2) is 29.2 Å². The Balaban J connectivity index is 2.93. The third-order valence-electron chi connectivity index (χ3n) is 2.66. The Morgan fingerprint density at radius 1 is 1.18 bits per heavy atom. The third kappa shape index (κ3) is 5.14. The molecule has 7 heteroatoms. The van der Waals surface area contributed by atoms with Gasteiger partial charge < -0.3 is 10.1 Å². The highest BCUT2D eigenvalue weighted by Gasteiger charge is 2.25.